The number of carboxylic acid groups (broad SMARTS) is 1. The number of anilines is 2. The SMILES string of the molecule is CCOC(=O)CN(C)c1ccc(C(=O)O)cc1N. The van der Waals surface area contributed by atoms with Gasteiger partial charge in [-0.15, -0.1) is 0 Å². The minimum absolute atomic E-state index is 0.0600. The van der Waals surface area contributed by atoms with E-state index < -0.39 is 5.97 Å². The molecule has 0 saturated carbocycles. The minimum Gasteiger partial charge on any atom is -0.478 e. The van der Waals surface area contributed by atoms with Gasteiger partial charge in [0, 0.05) is 7.05 Å². The van der Waals surface area contributed by atoms with Crippen molar-refractivity contribution in [3.63, 3.8) is 0 Å². The largest absolute Gasteiger partial charge is 0.478 e. The van der Waals surface area contributed by atoms with Crippen LogP contribution in [0.15, 0.2) is 18.2 Å². The molecule has 0 aliphatic heterocycles. The van der Waals surface area contributed by atoms with Gasteiger partial charge in [-0.05, 0) is 25.1 Å². The highest BCUT2D eigenvalue weighted by molar-refractivity contribution is 5.90. The number of nitrogens with two attached hydrogens (primary N) is 1. The zero-order chi connectivity index (χ0) is 13.7. The second-order valence-electron chi connectivity index (χ2n) is 3.74. The summed E-state index contributed by atoms with van der Waals surface area (Å²) in [5.74, 6) is -1.40. The number of hydrogen-bond acceptors (Lipinski definition) is 5. The summed E-state index contributed by atoms with van der Waals surface area (Å²) in [5, 5.41) is 8.81. The molecule has 0 heterocycles. The van der Waals surface area contributed by atoms with Crippen molar-refractivity contribution in [1.29, 1.82) is 0 Å². The lowest BCUT2D eigenvalue weighted by atomic mass is 10.1. The van der Waals surface area contributed by atoms with Crippen LogP contribution in [-0.4, -0.2) is 37.2 Å². The Hall–Kier alpha value is -2.24. The van der Waals surface area contributed by atoms with E-state index in [-0.39, 0.29) is 18.1 Å². The highest BCUT2D eigenvalue weighted by Crippen LogP contribution is 2.23. The summed E-state index contributed by atoms with van der Waals surface area (Å²) >= 11 is 0. The molecule has 1 aromatic rings. The topological polar surface area (TPSA) is 92.9 Å². The molecule has 0 aromatic heterocycles. The molecule has 0 atom stereocenters. The number of aromatic carboxylic acids is 1. The molecule has 0 aliphatic rings. The highest BCUT2D eigenvalue weighted by atomic mass is 16.5. The Bertz CT molecular complexity index is 459. The van der Waals surface area contributed by atoms with Gasteiger partial charge in [0.05, 0.1) is 23.5 Å². The molecule has 1 rings (SSSR count). The first-order valence-electron chi connectivity index (χ1n) is 5.45. The molecule has 0 fully saturated rings. The number of carboxylic acids is 1. The molecule has 0 amide bonds. The third kappa shape index (κ3) is 3.38. The van der Waals surface area contributed by atoms with E-state index in [9.17, 15) is 9.59 Å². The van der Waals surface area contributed by atoms with E-state index in [1.54, 1.807) is 24.9 Å². The summed E-state index contributed by atoms with van der Waals surface area (Å²) in [6, 6.07) is 4.37. The van der Waals surface area contributed by atoms with Crippen LogP contribution in [0.3, 0.4) is 0 Å². The van der Waals surface area contributed by atoms with Crippen LogP contribution < -0.4 is 10.6 Å². The molecule has 6 nitrogen and oxygen atoms in total. The Morgan fingerprint density at radius 2 is 2.11 bits per heavy atom. The fourth-order valence-corrected chi connectivity index (χ4v) is 1.52. The second-order valence-corrected chi connectivity index (χ2v) is 3.74. The Labute approximate surface area is 105 Å². The first kappa shape index (κ1) is 13.8. The molecule has 1 aromatic carbocycles. The maximum atomic E-state index is 11.3. The summed E-state index contributed by atoms with van der Waals surface area (Å²) < 4.78 is 4.82. The summed E-state index contributed by atoms with van der Waals surface area (Å²) in [4.78, 5) is 23.7. The predicted molar refractivity (Wildman–Crippen MR) is 67.7 cm³/mol. The third-order valence-electron chi connectivity index (χ3n) is 2.36. The monoisotopic (exact) mass is 252 g/mol. The van der Waals surface area contributed by atoms with Crippen LogP contribution in [-0.2, 0) is 9.53 Å². The summed E-state index contributed by atoms with van der Waals surface area (Å²) in [6.45, 7) is 2.11. The number of nitrogen functional groups attached to an aromatic ring is 1. The zero-order valence-corrected chi connectivity index (χ0v) is 10.3. The van der Waals surface area contributed by atoms with Gasteiger partial charge in [0.2, 0.25) is 0 Å². The van der Waals surface area contributed by atoms with Crippen molar-refractivity contribution in [1.82, 2.24) is 0 Å². The molecule has 0 bridgehead atoms. The van der Waals surface area contributed by atoms with Crippen LogP contribution in [0.4, 0.5) is 11.4 Å². The predicted octanol–water partition coefficient (Wildman–Crippen LogP) is 0.966. The van der Waals surface area contributed by atoms with Crippen LogP contribution in [0, 0.1) is 0 Å². The van der Waals surface area contributed by atoms with E-state index in [1.807, 2.05) is 0 Å². The van der Waals surface area contributed by atoms with Gasteiger partial charge >= 0.3 is 11.9 Å². The number of likely N-dealkylation sites (N-methyl/N-ethyl adjacent to an activating group) is 1. The highest BCUT2D eigenvalue weighted by Gasteiger charge is 2.12. The van der Waals surface area contributed by atoms with Gasteiger partial charge < -0.3 is 20.5 Å². The van der Waals surface area contributed by atoms with Crippen LogP contribution in [0.1, 0.15) is 17.3 Å². The fourth-order valence-electron chi connectivity index (χ4n) is 1.52. The Morgan fingerprint density at radius 1 is 1.44 bits per heavy atom. The van der Waals surface area contributed by atoms with Crippen molar-refractivity contribution in [2.45, 2.75) is 6.92 Å². The van der Waals surface area contributed by atoms with Crippen LogP contribution in [0.5, 0.6) is 0 Å². The van der Waals surface area contributed by atoms with E-state index in [0.29, 0.717) is 18.0 Å². The number of esters is 1. The minimum atomic E-state index is -1.04. The molecule has 0 radical (unpaired) electrons. The van der Waals surface area contributed by atoms with Crippen molar-refractivity contribution >= 4 is 23.3 Å². The normalized spacial score (nSPS) is 9.89. The number of ether oxygens (including phenoxy) is 1. The van der Waals surface area contributed by atoms with E-state index in [2.05, 4.69) is 0 Å². The molecule has 0 spiro atoms. The van der Waals surface area contributed by atoms with Gasteiger partial charge in [0.1, 0.15) is 6.54 Å². The summed E-state index contributed by atoms with van der Waals surface area (Å²) in [5.41, 5.74) is 6.76. The molecule has 0 unspecified atom stereocenters. The average Bonchev–Trinajstić information content (AvgIpc) is 2.28. The molecule has 18 heavy (non-hydrogen) atoms. The summed E-state index contributed by atoms with van der Waals surface area (Å²) in [7, 11) is 1.68. The van der Waals surface area contributed by atoms with E-state index in [1.165, 1.54) is 12.1 Å². The molecular formula is C12H16N2O4. The number of carbonyl (C=O) groups excluding carboxylic acids is 1. The standard InChI is InChI=1S/C12H16N2O4/c1-3-18-11(15)7-14(2)10-5-4-8(12(16)17)6-9(10)13/h4-6H,3,7,13H2,1-2H3,(H,16,17). The van der Waals surface area contributed by atoms with Crippen molar-refractivity contribution in [3.8, 4) is 0 Å². The lowest BCUT2D eigenvalue weighted by Crippen LogP contribution is -2.27. The quantitative estimate of drug-likeness (QED) is 0.599. The van der Waals surface area contributed by atoms with Gasteiger partial charge in [-0.3, -0.25) is 4.79 Å². The number of hydrogen-bond donors (Lipinski definition) is 2. The molecule has 98 valence electrons. The molecule has 6 heteroatoms. The van der Waals surface area contributed by atoms with Crippen molar-refractivity contribution < 1.29 is 19.4 Å². The lowest BCUT2D eigenvalue weighted by molar-refractivity contribution is -0.141. The Balaban J connectivity index is 2.83. The van der Waals surface area contributed by atoms with Crippen molar-refractivity contribution in [2.24, 2.45) is 0 Å². The maximum absolute atomic E-state index is 11.3. The van der Waals surface area contributed by atoms with Crippen molar-refractivity contribution in [3.05, 3.63) is 23.8 Å². The molecule has 0 aliphatic carbocycles. The van der Waals surface area contributed by atoms with Crippen LogP contribution in [0.2, 0.25) is 0 Å². The van der Waals surface area contributed by atoms with Gasteiger partial charge in [0.25, 0.3) is 0 Å². The first-order valence-corrected chi connectivity index (χ1v) is 5.45. The molecule has 0 saturated heterocycles. The Morgan fingerprint density at radius 3 is 2.61 bits per heavy atom. The smallest absolute Gasteiger partial charge is 0.335 e. The van der Waals surface area contributed by atoms with Gasteiger partial charge in [-0.2, -0.15) is 0 Å². The van der Waals surface area contributed by atoms with Crippen LogP contribution >= 0.6 is 0 Å². The van der Waals surface area contributed by atoms with Crippen molar-refractivity contribution in [2.75, 3.05) is 30.8 Å². The fraction of sp³-hybridized carbons (Fsp3) is 0.333. The first-order chi connectivity index (χ1) is 8.45. The van der Waals surface area contributed by atoms with Gasteiger partial charge in [0.15, 0.2) is 0 Å². The summed E-state index contributed by atoms with van der Waals surface area (Å²) in [6.07, 6.45) is 0. The lowest BCUT2D eigenvalue weighted by Gasteiger charge is -2.20. The zero-order valence-electron chi connectivity index (χ0n) is 10.3. The number of benzene rings is 1. The van der Waals surface area contributed by atoms with E-state index >= 15 is 0 Å². The van der Waals surface area contributed by atoms with Crippen LogP contribution in [0.25, 0.3) is 0 Å². The number of carbonyl (C=O) groups is 2. The maximum Gasteiger partial charge on any atom is 0.335 e. The average molecular weight is 252 g/mol. The van der Waals surface area contributed by atoms with Gasteiger partial charge in [-0.1, -0.05) is 0 Å². The number of nitrogens with zero attached hydrogens (tertiary/aromatic N) is 1. The molecule has 3 N–H and O–H groups in total. The third-order valence-corrected chi connectivity index (χ3v) is 2.36. The number of rotatable bonds is 5. The van der Waals surface area contributed by atoms with E-state index in [4.69, 9.17) is 15.6 Å². The second kappa shape index (κ2) is 5.90. The molecular weight excluding hydrogens is 236 g/mol. The van der Waals surface area contributed by atoms with Gasteiger partial charge in [-0.25, -0.2) is 4.79 Å². The van der Waals surface area contributed by atoms with E-state index in [0.717, 1.165) is 0 Å². The Kier molecular flexibility index (Phi) is 4.53.